The maximum absolute atomic E-state index is 11.7. The van der Waals surface area contributed by atoms with Crippen molar-refractivity contribution < 1.29 is 9.32 Å². The highest BCUT2D eigenvalue weighted by Gasteiger charge is 2.25. The smallest absolute Gasteiger partial charge is 0.258 e. The van der Waals surface area contributed by atoms with E-state index < -0.39 is 0 Å². The molecule has 0 spiro atoms. The maximum atomic E-state index is 11.7. The average molecular weight is 377 g/mol. The number of fused-ring (bicyclic) bond motifs is 1. The highest BCUT2D eigenvalue weighted by molar-refractivity contribution is 6.00. The first-order chi connectivity index (χ1) is 13.7. The molecule has 3 aromatic rings. The molecule has 0 atom stereocenters. The van der Waals surface area contributed by atoms with Crippen LogP contribution in [0.25, 0.3) is 23.0 Å². The van der Waals surface area contributed by atoms with Crippen LogP contribution in [0.4, 0.5) is 11.6 Å². The molecule has 5 rings (SSSR count). The first-order valence-corrected chi connectivity index (χ1v) is 9.20. The van der Waals surface area contributed by atoms with Crippen molar-refractivity contribution in [2.75, 3.05) is 43.4 Å². The van der Waals surface area contributed by atoms with Crippen LogP contribution < -0.4 is 10.2 Å². The third-order valence-corrected chi connectivity index (χ3v) is 5.10. The van der Waals surface area contributed by atoms with Crippen LogP contribution in [0, 0.1) is 0 Å². The zero-order chi connectivity index (χ0) is 19.1. The lowest BCUT2D eigenvalue weighted by Gasteiger charge is -2.33. The molecule has 0 unspecified atom stereocenters. The number of carbonyl (C=O) groups excluding carboxylic acids is 1. The van der Waals surface area contributed by atoms with E-state index in [1.807, 2.05) is 18.2 Å². The number of aromatic nitrogens is 4. The quantitative estimate of drug-likeness (QED) is 0.732. The monoisotopic (exact) mass is 377 g/mol. The molecule has 2 aliphatic heterocycles. The van der Waals surface area contributed by atoms with E-state index >= 15 is 0 Å². The van der Waals surface area contributed by atoms with Crippen molar-refractivity contribution in [1.82, 2.24) is 25.0 Å². The zero-order valence-corrected chi connectivity index (χ0v) is 15.4. The normalized spacial score (nSPS) is 16.9. The Morgan fingerprint density at radius 1 is 1.11 bits per heavy atom. The Balaban J connectivity index is 1.44. The minimum atomic E-state index is -0.0868. The summed E-state index contributed by atoms with van der Waals surface area (Å²) in [5, 5.41) is 6.84. The predicted octanol–water partition coefficient (Wildman–Crippen LogP) is 1.44. The molecule has 1 fully saturated rings. The Morgan fingerprint density at radius 2 is 1.96 bits per heavy atom. The lowest BCUT2D eigenvalue weighted by atomic mass is 10.1. The van der Waals surface area contributed by atoms with Crippen LogP contribution >= 0.6 is 0 Å². The summed E-state index contributed by atoms with van der Waals surface area (Å²) < 4.78 is 5.48. The van der Waals surface area contributed by atoms with Crippen LogP contribution in [0.1, 0.15) is 5.56 Å². The predicted molar refractivity (Wildman–Crippen MR) is 103 cm³/mol. The molecule has 142 valence electrons. The van der Waals surface area contributed by atoms with Gasteiger partial charge in [0, 0.05) is 43.5 Å². The molecule has 0 bridgehead atoms. The molecule has 0 radical (unpaired) electrons. The van der Waals surface area contributed by atoms with E-state index in [1.165, 1.54) is 0 Å². The largest absolute Gasteiger partial charge is 0.354 e. The van der Waals surface area contributed by atoms with Crippen molar-refractivity contribution in [1.29, 1.82) is 0 Å². The van der Waals surface area contributed by atoms with Gasteiger partial charge in [-0.3, -0.25) is 4.79 Å². The first-order valence-electron chi connectivity index (χ1n) is 9.20. The summed E-state index contributed by atoms with van der Waals surface area (Å²) in [5.41, 5.74) is 2.16. The second-order valence-corrected chi connectivity index (χ2v) is 7.01. The van der Waals surface area contributed by atoms with Gasteiger partial charge in [0.15, 0.2) is 0 Å². The lowest BCUT2D eigenvalue weighted by molar-refractivity contribution is -0.115. The summed E-state index contributed by atoms with van der Waals surface area (Å²) in [7, 11) is 2.13. The summed E-state index contributed by atoms with van der Waals surface area (Å²) in [6.45, 7) is 3.90. The van der Waals surface area contributed by atoms with Crippen LogP contribution in [-0.2, 0) is 11.2 Å². The number of nitrogens with zero attached hydrogens (tertiary/aromatic N) is 6. The second kappa shape index (κ2) is 6.68. The maximum Gasteiger partial charge on any atom is 0.258 e. The number of rotatable bonds is 3. The molecule has 0 aliphatic carbocycles. The minimum Gasteiger partial charge on any atom is -0.354 e. The second-order valence-electron chi connectivity index (χ2n) is 7.01. The average Bonchev–Trinajstić information content (AvgIpc) is 3.34. The summed E-state index contributed by atoms with van der Waals surface area (Å²) in [6, 6.07) is 7.61. The van der Waals surface area contributed by atoms with Crippen molar-refractivity contribution in [3.8, 4) is 23.0 Å². The van der Waals surface area contributed by atoms with Crippen LogP contribution in [0.15, 0.2) is 35.0 Å². The van der Waals surface area contributed by atoms with Crippen molar-refractivity contribution in [3.63, 3.8) is 0 Å². The van der Waals surface area contributed by atoms with E-state index in [9.17, 15) is 4.79 Å². The molecule has 9 nitrogen and oxygen atoms in total. The Hall–Kier alpha value is -3.33. The van der Waals surface area contributed by atoms with Crippen LogP contribution in [-0.4, -0.2) is 64.1 Å². The molecule has 2 aliphatic rings. The summed E-state index contributed by atoms with van der Waals surface area (Å²) in [5.74, 6) is 2.16. The molecule has 0 aromatic carbocycles. The molecular formula is C19H19N7O2. The molecule has 1 saturated heterocycles. The topological polar surface area (TPSA) is 100 Å². The van der Waals surface area contributed by atoms with Crippen molar-refractivity contribution >= 4 is 17.5 Å². The van der Waals surface area contributed by atoms with Gasteiger partial charge in [-0.2, -0.15) is 4.98 Å². The first kappa shape index (κ1) is 16.8. The van der Waals surface area contributed by atoms with Crippen molar-refractivity contribution in [3.05, 3.63) is 36.0 Å². The Labute approximate surface area is 161 Å². The van der Waals surface area contributed by atoms with E-state index in [4.69, 9.17) is 9.51 Å². The Bertz CT molecular complexity index is 1040. The van der Waals surface area contributed by atoms with Gasteiger partial charge < -0.3 is 19.6 Å². The number of piperazine rings is 1. The van der Waals surface area contributed by atoms with Gasteiger partial charge in [-0.15, -0.1) is 0 Å². The summed E-state index contributed by atoms with van der Waals surface area (Å²) in [6.07, 6.45) is 1.88. The molecule has 3 aromatic heterocycles. The SMILES string of the molecule is CN1CCN(c2cccc(-c3noc(-c4ccnc5c4CC(=O)N5)n3)n2)CC1. The number of pyridine rings is 2. The van der Waals surface area contributed by atoms with Gasteiger partial charge >= 0.3 is 0 Å². The number of hydrogen-bond donors (Lipinski definition) is 1. The highest BCUT2D eigenvalue weighted by Crippen LogP contribution is 2.31. The number of nitrogens with one attached hydrogen (secondary N) is 1. The number of likely N-dealkylation sites (N-methyl/N-ethyl adjacent to an activating group) is 1. The summed E-state index contributed by atoms with van der Waals surface area (Å²) >= 11 is 0. The van der Waals surface area contributed by atoms with Gasteiger partial charge in [0.05, 0.1) is 6.42 Å². The number of carbonyl (C=O) groups is 1. The van der Waals surface area contributed by atoms with E-state index in [0.717, 1.165) is 43.1 Å². The van der Waals surface area contributed by atoms with Gasteiger partial charge in [-0.1, -0.05) is 11.2 Å². The summed E-state index contributed by atoms with van der Waals surface area (Å²) in [4.78, 5) is 29.7. The molecule has 0 saturated carbocycles. The van der Waals surface area contributed by atoms with Crippen molar-refractivity contribution in [2.24, 2.45) is 0 Å². The molecule has 1 amide bonds. The zero-order valence-electron chi connectivity index (χ0n) is 15.4. The number of hydrogen-bond acceptors (Lipinski definition) is 8. The molecule has 1 N–H and O–H groups in total. The third kappa shape index (κ3) is 2.99. The fourth-order valence-corrected chi connectivity index (χ4v) is 3.51. The van der Waals surface area contributed by atoms with E-state index in [1.54, 1.807) is 12.3 Å². The fraction of sp³-hybridized carbons (Fsp3) is 0.316. The van der Waals surface area contributed by atoms with E-state index in [2.05, 4.69) is 37.3 Å². The van der Waals surface area contributed by atoms with Gasteiger partial charge in [0.25, 0.3) is 5.89 Å². The third-order valence-electron chi connectivity index (χ3n) is 5.10. The van der Waals surface area contributed by atoms with Gasteiger partial charge in [0.1, 0.15) is 17.3 Å². The molecular weight excluding hydrogens is 358 g/mol. The molecule has 5 heterocycles. The fourth-order valence-electron chi connectivity index (χ4n) is 3.51. The Morgan fingerprint density at radius 3 is 2.82 bits per heavy atom. The van der Waals surface area contributed by atoms with Gasteiger partial charge in [-0.05, 0) is 25.2 Å². The van der Waals surface area contributed by atoms with Gasteiger partial charge in [0.2, 0.25) is 11.7 Å². The Kier molecular flexibility index (Phi) is 4.01. The lowest BCUT2D eigenvalue weighted by Crippen LogP contribution is -2.44. The number of anilines is 2. The van der Waals surface area contributed by atoms with E-state index in [-0.39, 0.29) is 12.3 Å². The number of amides is 1. The van der Waals surface area contributed by atoms with Gasteiger partial charge in [-0.25, -0.2) is 9.97 Å². The highest BCUT2D eigenvalue weighted by atomic mass is 16.5. The van der Waals surface area contributed by atoms with Crippen LogP contribution in [0.2, 0.25) is 0 Å². The standard InChI is InChI=1S/C19H19N7O2/c1-25-7-9-26(10-8-25)15-4-2-3-14(21-15)18-23-19(28-24-18)12-5-6-20-17-13(12)11-16(27)22-17/h2-6H,7-11H2,1H3,(H,20,22,27). The minimum absolute atomic E-state index is 0.0868. The van der Waals surface area contributed by atoms with E-state index in [0.29, 0.717) is 23.2 Å². The van der Waals surface area contributed by atoms with Crippen molar-refractivity contribution in [2.45, 2.75) is 6.42 Å². The molecule has 28 heavy (non-hydrogen) atoms. The molecule has 9 heteroatoms. The van der Waals surface area contributed by atoms with Crippen LogP contribution in [0.5, 0.6) is 0 Å². The van der Waals surface area contributed by atoms with Crippen LogP contribution in [0.3, 0.4) is 0 Å².